The summed E-state index contributed by atoms with van der Waals surface area (Å²) >= 11 is 2.03. The Balaban J connectivity index is 1.54. The average molecular weight is 370 g/mol. The van der Waals surface area contributed by atoms with Gasteiger partial charge in [-0.05, 0) is 42.2 Å². The first-order valence-corrected chi connectivity index (χ1v) is 10.3. The van der Waals surface area contributed by atoms with Crippen molar-refractivity contribution in [3.63, 3.8) is 0 Å². The van der Waals surface area contributed by atoms with Gasteiger partial charge in [-0.1, -0.05) is 30.3 Å². The number of rotatable bonds is 6. The Morgan fingerprint density at radius 2 is 1.96 bits per heavy atom. The smallest absolute Gasteiger partial charge is 0.224 e. The van der Waals surface area contributed by atoms with E-state index in [9.17, 15) is 4.79 Å². The van der Waals surface area contributed by atoms with Crippen LogP contribution in [0, 0.1) is 6.92 Å². The number of benzene rings is 2. The molecular weight excluding hydrogens is 342 g/mol. The highest BCUT2D eigenvalue weighted by molar-refractivity contribution is 7.99. The third-order valence-corrected chi connectivity index (χ3v) is 5.69. The molecule has 1 fully saturated rings. The first-order chi connectivity index (χ1) is 12.6. The molecule has 1 saturated heterocycles. The topological polar surface area (TPSA) is 58.4 Å². The van der Waals surface area contributed by atoms with Crippen LogP contribution in [0.2, 0.25) is 0 Å². The van der Waals surface area contributed by atoms with Gasteiger partial charge in [0, 0.05) is 48.9 Å². The van der Waals surface area contributed by atoms with Crippen LogP contribution in [0.25, 0.3) is 0 Å². The van der Waals surface area contributed by atoms with Crippen molar-refractivity contribution >= 4 is 29.0 Å². The monoisotopic (exact) mass is 369 g/mol. The molecule has 5 heteroatoms. The van der Waals surface area contributed by atoms with Crippen molar-refractivity contribution in [2.75, 3.05) is 35.6 Å². The summed E-state index contributed by atoms with van der Waals surface area (Å²) in [5, 5.41) is 3.03. The zero-order valence-corrected chi connectivity index (χ0v) is 16.1. The van der Waals surface area contributed by atoms with Gasteiger partial charge >= 0.3 is 0 Å². The van der Waals surface area contributed by atoms with E-state index in [1.54, 1.807) is 0 Å². The lowest BCUT2D eigenvalue weighted by atomic mass is 10.1. The van der Waals surface area contributed by atoms with Gasteiger partial charge in [0.2, 0.25) is 5.91 Å². The summed E-state index contributed by atoms with van der Waals surface area (Å²) in [6.07, 6.45) is 1.09. The van der Waals surface area contributed by atoms with E-state index >= 15 is 0 Å². The summed E-state index contributed by atoms with van der Waals surface area (Å²) in [6.45, 7) is 5.36. The summed E-state index contributed by atoms with van der Waals surface area (Å²) in [5.74, 6) is 2.47. The maximum absolute atomic E-state index is 12.3. The Bertz CT molecular complexity index is 757. The fraction of sp³-hybridized carbons (Fsp3) is 0.381. The maximum Gasteiger partial charge on any atom is 0.224 e. The van der Waals surface area contributed by atoms with Gasteiger partial charge in [-0.3, -0.25) is 9.69 Å². The van der Waals surface area contributed by atoms with Crippen LogP contribution in [-0.4, -0.2) is 35.4 Å². The molecule has 138 valence electrons. The van der Waals surface area contributed by atoms with Gasteiger partial charge in [-0.15, -0.1) is 0 Å². The fourth-order valence-corrected chi connectivity index (χ4v) is 4.18. The Hall–Kier alpha value is -1.98. The average Bonchev–Trinajstić information content (AvgIpc) is 2.64. The molecule has 3 N–H and O–H groups in total. The number of anilines is 2. The maximum atomic E-state index is 12.3. The van der Waals surface area contributed by atoms with Crippen molar-refractivity contribution in [3.05, 3.63) is 59.2 Å². The van der Waals surface area contributed by atoms with E-state index in [4.69, 9.17) is 5.73 Å². The Morgan fingerprint density at radius 3 is 2.69 bits per heavy atom. The zero-order chi connectivity index (χ0) is 18.4. The minimum absolute atomic E-state index is 0.0251. The standard InChI is InChI=1S/C21H27N3OS/c1-16-14-17(15-24-10-12-26-13-11-24)6-8-20(16)23-21(25)9-7-18-4-2-3-5-19(18)22/h2-6,8,14H,7,9-13,15,22H2,1H3,(H,23,25). The molecule has 0 radical (unpaired) electrons. The molecule has 2 aromatic rings. The molecular formula is C21H27N3OS. The lowest BCUT2D eigenvalue weighted by molar-refractivity contribution is -0.116. The van der Waals surface area contributed by atoms with Crippen LogP contribution in [0.1, 0.15) is 23.1 Å². The number of nitrogens with zero attached hydrogens (tertiary/aromatic N) is 1. The van der Waals surface area contributed by atoms with Crippen LogP contribution < -0.4 is 11.1 Å². The molecule has 4 nitrogen and oxygen atoms in total. The molecule has 0 unspecified atom stereocenters. The van der Waals surface area contributed by atoms with Crippen LogP contribution in [0.3, 0.4) is 0 Å². The van der Waals surface area contributed by atoms with E-state index in [0.29, 0.717) is 12.8 Å². The first kappa shape index (κ1) is 18.8. The molecule has 0 bridgehead atoms. The Morgan fingerprint density at radius 1 is 1.19 bits per heavy atom. The van der Waals surface area contributed by atoms with Gasteiger partial charge < -0.3 is 11.1 Å². The predicted molar refractivity (Wildman–Crippen MR) is 112 cm³/mol. The quantitative estimate of drug-likeness (QED) is 0.763. The highest BCUT2D eigenvalue weighted by atomic mass is 32.2. The number of carbonyl (C=O) groups excluding carboxylic acids is 1. The number of thioether (sulfide) groups is 1. The second-order valence-electron chi connectivity index (χ2n) is 6.78. The second-order valence-corrected chi connectivity index (χ2v) is 8.01. The highest BCUT2D eigenvalue weighted by Crippen LogP contribution is 2.20. The van der Waals surface area contributed by atoms with E-state index in [0.717, 1.165) is 42.1 Å². The summed E-state index contributed by atoms with van der Waals surface area (Å²) in [4.78, 5) is 14.8. The molecule has 0 aliphatic carbocycles. The van der Waals surface area contributed by atoms with Crippen LogP contribution in [-0.2, 0) is 17.8 Å². The minimum atomic E-state index is 0.0251. The highest BCUT2D eigenvalue weighted by Gasteiger charge is 2.12. The van der Waals surface area contributed by atoms with E-state index in [2.05, 4.69) is 29.3 Å². The molecule has 3 rings (SSSR count). The summed E-state index contributed by atoms with van der Waals surface area (Å²) < 4.78 is 0. The number of nitrogens with two attached hydrogens (primary N) is 1. The number of nitrogen functional groups attached to an aromatic ring is 1. The SMILES string of the molecule is Cc1cc(CN2CCSCC2)ccc1NC(=O)CCc1ccccc1N. The molecule has 1 aliphatic rings. The molecule has 0 aromatic heterocycles. The first-order valence-electron chi connectivity index (χ1n) is 9.14. The van der Waals surface area contributed by atoms with Gasteiger partial charge in [0.25, 0.3) is 0 Å². The predicted octanol–water partition coefficient (Wildman–Crippen LogP) is 3.70. The van der Waals surface area contributed by atoms with E-state index in [1.807, 2.05) is 42.1 Å². The van der Waals surface area contributed by atoms with Crippen LogP contribution >= 0.6 is 11.8 Å². The van der Waals surface area contributed by atoms with Gasteiger partial charge in [-0.2, -0.15) is 11.8 Å². The van der Waals surface area contributed by atoms with Crippen molar-refractivity contribution in [2.45, 2.75) is 26.3 Å². The zero-order valence-electron chi connectivity index (χ0n) is 15.3. The number of aryl methyl sites for hydroxylation is 2. The van der Waals surface area contributed by atoms with E-state index in [1.165, 1.54) is 17.1 Å². The molecule has 0 spiro atoms. The minimum Gasteiger partial charge on any atom is -0.399 e. The van der Waals surface area contributed by atoms with Crippen LogP contribution in [0.15, 0.2) is 42.5 Å². The van der Waals surface area contributed by atoms with Gasteiger partial charge in [0.05, 0.1) is 0 Å². The Labute approximate surface area is 160 Å². The number of hydrogen-bond donors (Lipinski definition) is 2. The normalized spacial score (nSPS) is 15.0. The van der Waals surface area contributed by atoms with Crippen molar-refractivity contribution in [1.29, 1.82) is 0 Å². The summed E-state index contributed by atoms with van der Waals surface area (Å²) in [6, 6.07) is 14.0. The third-order valence-electron chi connectivity index (χ3n) is 4.75. The number of carbonyl (C=O) groups is 1. The molecule has 2 aromatic carbocycles. The van der Waals surface area contributed by atoms with Gasteiger partial charge in [0.15, 0.2) is 0 Å². The van der Waals surface area contributed by atoms with Crippen molar-refractivity contribution in [3.8, 4) is 0 Å². The summed E-state index contributed by atoms with van der Waals surface area (Å²) in [5.41, 5.74) is 11.0. The largest absolute Gasteiger partial charge is 0.399 e. The lowest BCUT2D eigenvalue weighted by Gasteiger charge is -2.26. The van der Waals surface area contributed by atoms with Gasteiger partial charge in [-0.25, -0.2) is 0 Å². The van der Waals surface area contributed by atoms with Gasteiger partial charge in [0.1, 0.15) is 0 Å². The van der Waals surface area contributed by atoms with E-state index < -0.39 is 0 Å². The van der Waals surface area contributed by atoms with Crippen LogP contribution in [0.5, 0.6) is 0 Å². The van der Waals surface area contributed by atoms with Crippen molar-refractivity contribution < 1.29 is 4.79 Å². The van der Waals surface area contributed by atoms with Crippen LogP contribution in [0.4, 0.5) is 11.4 Å². The molecule has 0 saturated carbocycles. The molecule has 26 heavy (non-hydrogen) atoms. The van der Waals surface area contributed by atoms with Crippen molar-refractivity contribution in [2.24, 2.45) is 0 Å². The molecule has 1 heterocycles. The fourth-order valence-electron chi connectivity index (χ4n) is 3.20. The van der Waals surface area contributed by atoms with Crippen molar-refractivity contribution in [1.82, 2.24) is 4.90 Å². The Kier molecular flexibility index (Phi) is 6.58. The van der Waals surface area contributed by atoms with E-state index in [-0.39, 0.29) is 5.91 Å². The number of para-hydroxylation sites is 1. The molecule has 1 aliphatic heterocycles. The lowest BCUT2D eigenvalue weighted by Crippen LogP contribution is -2.31. The molecule has 1 amide bonds. The third kappa shape index (κ3) is 5.26. The number of nitrogens with one attached hydrogen (secondary N) is 1. The molecule has 0 atom stereocenters. The second kappa shape index (κ2) is 9.10. The summed E-state index contributed by atoms with van der Waals surface area (Å²) in [7, 11) is 0. The number of amides is 1. The number of hydrogen-bond acceptors (Lipinski definition) is 4.